The number of piperidine rings is 1. The molecule has 0 spiro atoms. The Kier molecular flexibility index (Phi) is 4.17. The van der Waals surface area contributed by atoms with Crippen molar-refractivity contribution in [1.29, 1.82) is 0 Å². The summed E-state index contributed by atoms with van der Waals surface area (Å²) in [5.41, 5.74) is 0. The lowest BCUT2D eigenvalue weighted by Gasteiger charge is -2.31. The van der Waals surface area contributed by atoms with E-state index in [1.54, 1.807) is 20.4 Å². The number of hydrogen-bond acceptors (Lipinski definition) is 5. The van der Waals surface area contributed by atoms with Gasteiger partial charge in [-0.2, -0.15) is 4.98 Å². The lowest BCUT2D eigenvalue weighted by molar-refractivity contribution is 0.0816. The van der Waals surface area contributed by atoms with Crippen LogP contribution in [0.1, 0.15) is 12.8 Å². The Morgan fingerprint density at radius 3 is 2.65 bits per heavy atom. The van der Waals surface area contributed by atoms with Gasteiger partial charge in [0.25, 0.3) is 0 Å². The Morgan fingerprint density at radius 2 is 2.06 bits per heavy atom. The maximum Gasteiger partial charge on any atom is 0.232 e. The molecule has 1 saturated heterocycles. The summed E-state index contributed by atoms with van der Waals surface area (Å²) in [5, 5.41) is 0. The molecule has 6 heteroatoms. The molecule has 5 nitrogen and oxygen atoms in total. The first-order valence-corrected chi connectivity index (χ1v) is 6.38. The van der Waals surface area contributed by atoms with Gasteiger partial charge in [-0.15, -0.1) is 0 Å². The molecule has 0 amide bonds. The van der Waals surface area contributed by atoms with Gasteiger partial charge in [-0.1, -0.05) is 0 Å². The molecule has 0 saturated carbocycles. The average molecular weight is 302 g/mol. The highest BCUT2D eigenvalue weighted by Crippen LogP contribution is 2.25. The van der Waals surface area contributed by atoms with Crippen molar-refractivity contribution >= 4 is 21.9 Å². The van der Waals surface area contributed by atoms with Crippen molar-refractivity contribution in [2.45, 2.75) is 18.9 Å². The van der Waals surface area contributed by atoms with Crippen molar-refractivity contribution in [3.63, 3.8) is 0 Å². The standard InChI is InChI=1S/C11H16BrN3O2/c1-16-8-3-5-15(6-4-8)11-13-7-9(12)10(14-11)17-2/h7-8H,3-6H2,1-2H3. The van der Waals surface area contributed by atoms with Gasteiger partial charge in [-0.3, -0.25) is 0 Å². The molecule has 2 rings (SSSR count). The summed E-state index contributed by atoms with van der Waals surface area (Å²) in [7, 11) is 3.37. The third kappa shape index (κ3) is 2.87. The molecule has 1 aromatic heterocycles. The molecule has 1 fully saturated rings. The van der Waals surface area contributed by atoms with Gasteiger partial charge >= 0.3 is 0 Å². The lowest BCUT2D eigenvalue weighted by atomic mass is 10.1. The minimum absolute atomic E-state index is 0.364. The van der Waals surface area contributed by atoms with Gasteiger partial charge in [0.05, 0.1) is 23.9 Å². The number of methoxy groups -OCH3 is 2. The fourth-order valence-electron chi connectivity index (χ4n) is 1.93. The fraction of sp³-hybridized carbons (Fsp3) is 0.636. The molecule has 0 bridgehead atoms. The molecule has 0 aliphatic carbocycles. The van der Waals surface area contributed by atoms with Crippen molar-refractivity contribution in [3.05, 3.63) is 10.7 Å². The number of nitrogens with zero attached hydrogens (tertiary/aromatic N) is 3. The highest BCUT2D eigenvalue weighted by atomic mass is 79.9. The highest BCUT2D eigenvalue weighted by Gasteiger charge is 2.21. The van der Waals surface area contributed by atoms with Crippen LogP contribution in [0.25, 0.3) is 0 Å². The van der Waals surface area contributed by atoms with Crippen LogP contribution in [0.4, 0.5) is 5.95 Å². The number of rotatable bonds is 3. The molecule has 0 N–H and O–H groups in total. The maximum absolute atomic E-state index is 5.34. The topological polar surface area (TPSA) is 47.5 Å². The molecule has 17 heavy (non-hydrogen) atoms. The Bertz CT molecular complexity index is 381. The van der Waals surface area contributed by atoms with Crippen LogP contribution in [0.3, 0.4) is 0 Å². The quantitative estimate of drug-likeness (QED) is 0.853. The Balaban J connectivity index is 2.08. The van der Waals surface area contributed by atoms with E-state index in [0.717, 1.165) is 36.4 Å². The third-order valence-electron chi connectivity index (χ3n) is 2.95. The van der Waals surface area contributed by atoms with Crippen LogP contribution >= 0.6 is 15.9 Å². The largest absolute Gasteiger partial charge is 0.480 e. The molecule has 1 aliphatic rings. The van der Waals surface area contributed by atoms with E-state index in [-0.39, 0.29) is 0 Å². The second kappa shape index (κ2) is 5.64. The van der Waals surface area contributed by atoms with Gasteiger partial charge in [-0.25, -0.2) is 4.98 Å². The second-order valence-corrected chi connectivity index (χ2v) is 4.80. The SMILES string of the molecule is COc1nc(N2CCC(OC)CC2)ncc1Br. The Morgan fingerprint density at radius 1 is 1.35 bits per heavy atom. The van der Waals surface area contributed by atoms with Crippen molar-refractivity contribution in [3.8, 4) is 5.88 Å². The van der Waals surface area contributed by atoms with Crippen LogP contribution in [0.15, 0.2) is 10.7 Å². The molecular weight excluding hydrogens is 286 g/mol. The van der Waals surface area contributed by atoms with Crippen molar-refractivity contribution < 1.29 is 9.47 Å². The van der Waals surface area contributed by atoms with E-state index < -0.39 is 0 Å². The van der Waals surface area contributed by atoms with Gasteiger partial charge < -0.3 is 14.4 Å². The molecule has 2 heterocycles. The molecule has 94 valence electrons. The summed E-state index contributed by atoms with van der Waals surface area (Å²) >= 11 is 3.35. The average Bonchev–Trinajstić information content (AvgIpc) is 2.39. The number of ether oxygens (including phenoxy) is 2. The normalized spacial score (nSPS) is 17.2. The molecule has 1 aliphatic heterocycles. The van der Waals surface area contributed by atoms with Gasteiger partial charge in [0.1, 0.15) is 0 Å². The van der Waals surface area contributed by atoms with Gasteiger partial charge in [0.2, 0.25) is 11.8 Å². The number of hydrogen-bond donors (Lipinski definition) is 0. The van der Waals surface area contributed by atoms with Gasteiger partial charge in [-0.05, 0) is 28.8 Å². The Labute approximate surface area is 109 Å². The van der Waals surface area contributed by atoms with Crippen LogP contribution in [-0.2, 0) is 4.74 Å². The van der Waals surface area contributed by atoms with Gasteiger partial charge in [0, 0.05) is 20.2 Å². The van der Waals surface area contributed by atoms with Crippen LogP contribution < -0.4 is 9.64 Å². The predicted octanol–water partition coefficient (Wildman–Crippen LogP) is 1.86. The summed E-state index contributed by atoms with van der Waals surface area (Å²) in [6, 6.07) is 0. The van der Waals surface area contributed by atoms with Crippen LogP contribution in [0.5, 0.6) is 5.88 Å². The van der Waals surface area contributed by atoms with E-state index in [1.807, 2.05) is 0 Å². The number of halogens is 1. The monoisotopic (exact) mass is 301 g/mol. The minimum atomic E-state index is 0.364. The lowest BCUT2D eigenvalue weighted by Crippen LogP contribution is -2.37. The predicted molar refractivity (Wildman–Crippen MR) is 68.5 cm³/mol. The summed E-state index contributed by atoms with van der Waals surface area (Å²) in [6.45, 7) is 1.84. The van der Waals surface area contributed by atoms with E-state index in [4.69, 9.17) is 9.47 Å². The van der Waals surface area contributed by atoms with Crippen LogP contribution in [-0.4, -0.2) is 43.4 Å². The first kappa shape index (κ1) is 12.6. The number of aromatic nitrogens is 2. The van der Waals surface area contributed by atoms with Gasteiger partial charge in [0.15, 0.2) is 0 Å². The zero-order valence-electron chi connectivity index (χ0n) is 10.0. The van der Waals surface area contributed by atoms with E-state index in [9.17, 15) is 0 Å². The van der Waals surface area contributed by atoms with E-state index in [1.165, 1.54) is 0 Å². The highest BCUT2D eigenvalue weighted by molar-refractivity contribution is 9.10. The zero-order valence-corrected chi connectivity index (χ0v) is 11.6. The van der Waals surface area contributed by atoms with Crippen molar-refractivity contribution in [2.75, 3.05) is 32.2 Å². The molecule has 1 aromatic rings. The first-order valence-electron chi connectivity index (χ1n) is 5.59. The summed E-state index contributed by atoms with van der Waals surface area (Å²) in [4.78, 5) is 10.8. The maximum atomic E-state index is 5.34. The summed E-state index contributed by atoms with van der Waals surface area (Å²) in [5.74, 6) is 1.29. The van der Waals surface area contributed by atoms with E-state index >= 15 is 0 Å². The molecule has 0 unspecified atom stereocenters. The second-order valence-electron chi connectivity index (χ2n) is 3.95. The van der Waals surface area contributed by atoms with Crippen LogP contribution in [0, 0.1) is 0 Å². The third-order valence-corrected chi connectivity index (χ3v) is 3.49. The van der Waals surface area contributed by atoms with E-state index in [0.29, 0.717) is 12.0 Å². The molecule has 0 atom stereocenters. The fourth-order valence-corrected chi connectivity index (χ4v) is 2.28. The number of anilines is 1. The summed E-state index contributed by atoms with van der Waals surface area (Å²) in [6.07, 6.45) is 4.11. The minimum Gasteiger partial charge on any atom is -0.480 e. The van der Waals surface area contributed by atoms with Crippen molar-refractivity contribution in [2.24, 2.45) is 0 Å². The first-order chi connectivity index (χ1) is 8.24. The molecule has 0 radical (unpaired) electrons. The molecule has 0 aromatic carbocycles. The molecular formula is C11H16BrN3O2. The smallest absolute Gasteiger partial charge is 0.232 e. The van der Waals surface area contributed by atoms with E-state index in [2.05, 4.69) is 30.8 Å². The van der Waals surface area contributed by atoms with Crippen LogP contribution in [0.2, 0.25) is 0 Å². The zero-order chi connectivity index (χ0) is 12.3. The van der Waals surface area contributed by atoms with Crippen molar-refractivity contribution in [1.82, 2.24) is 9.97 Å². The Hall–Kier alpha value is -0.880. The summed E-state index contributed by atoms with van der Waals surface area (Å²) < 4.78 is 11.3.